The number of nitrogens with zero attached hydrogens (tertiary/aromatic N) is 4. The molecule has 0 aliphatic rings. The fraction of sp³-hybridized carbons (Fsp3) is 0.136. The molecule has 4 rings (SSSR count). The van der Waals surface area contributed by atoms with Gasteiger partial charge in [0, 0.05) is 22.7 Å². The van der Waals surface area contributed by atoms with Crippen LogP contribution < -0.4 is 5.69 Å². The molecule has 0 bridgehead atoms. The van der Waals surface area contributed by atoms with Crippen molar-refractivity contribution in [3.63, 3.8) is 0 Å². The molecule has 0 amide bonds. The molecular weight excluding hydrogens is 404 g/mol. The predicted octanol–water partition coefficient (Wildman–Crippen LogP) is 4.89. The van der Waals surface area contributed by atoms with Crippen LogP contribution in [0.4, 0.5) is 0 Å². The summed E-state index contributed by atoms with van der Waals surface area (Å²) < 4.78 is 2.58. The van der Waals surface area contributed by atoms with Crippen molar-refractivity contribution in [3.05, 3.63) is 93.4 Å². The van der Waals surface area contributed by atoms with Crippen molar-refractivity contribution in [1.29, 1.82) is 0 Å². The molecule has 0 saturated heterocycles. The second kappa shape index (κ2) is 8.27. The molecular formula is C22H19ClN4OS. The zero-order chi connectivity index (χ0) is 20.4. The van der Waals surface area contributed by atoms with E-state index in [1.54, 1.807) is 18.8 Å². The minimum Gasteiger partial charge on any atom is -0.244 e. The second-order valence-electron chi connectivity index (χ2n) is 6.69. The van der Waals surface area contributed by atoms with Crippen LogP contribution in [0.25, 0.3) is 16.8 Å². The van der Waals surface area contributed by atoms with Crippen LogP contribution in [0.2, 0.25) is 5.02 Å². The van der Waals surface area contributed by atoms with Crippen molar-refractivity contribution in [3.8, 4) is 16.8 Å². The van der Waals surface area contributed by atoms with E-state index in [9.17, 15) is 4.79 Å². The minimum atomic E-state index is -0.257. The van der Waals surface area contributed by atoms with Crippen molar-refractivity contribution < 1.29 is 0 Å². The van der Waals surface area contributed by atoms with Gasteiger partial charge in [-0.1, -0.05) is 48.0 Å². The summed E-state index contributed by atoms with van der Waals surface area (Å²) in [7, 11) is 1.59. The highest BCUT2D eigenvalue weighted by molar-refractivity contribution is 7.98. The smallest absolute Gasteiger partial charge is 0.244 e. The molecule has 0 fully saturated rings. The molecule has 1 heterocycles. The maximum absolute atomic E-state index is 12.3. The first-order chi connectivity index (χ1) is 14.0. The third kappa shape index (κ3) is 4.13. The number of hydrogen-bond acceptors (Lipinski definition) is 4. The minimum absolute atomic E-state index is 0.257. The van der Waals surface area contributed by atoms with Gasteiger partial charge in [-0.2, -0.15) is 9.36 Å². The van der Waals surface area contributed by atoms with E-state index < -0.39 is 0 Å². The highest BCUT2D eigenvalue weighted by atomic mass is 35.5. The Kier molecular flexibility index (Phi) is 5.56. The summed E-state index contributed by atoms with van der Waals surface area (Å²) in [6.45, 7) is 2.04. The Morgan fingerprint density at radius 2 is 1.72 bits per heavy atom. The molecule has 0 spiro atoms. The van der Waals surface area contributed by atoms with E-state index in [1.807, 2.05) is 49.4 Å². The standard InChI is InChI=1S/C22H19ClN4OS/c1-15-5-3-8-21(27-22(28)26(2)24-25-27)20(15)14-29-19-11-9-16(10-12-19)17-6-4-7-18(23)13-17/h3-13H,14H2,1-2H3. The van der Waals surface area contributed by atoms with Gasteiger partial charge in [0.1, 0.15) is 0 Å². The Morgan fingerprint density at radius 3 is 2.41 bits per heavy atom. The molecule has 0 aliphatic heterocycles. The van der Waals surface area contributed by atoms with Crippen molar-refractivity contribution in [2.45, 2.75) is 17.6 Å². The van der Waals surface area contributed by atoms with Crippen LogP contribution in [0.1, 0.15) is 11.1 Å². The van der Waals surface area contributed by atoms with Crippen molar-refractivity contribution in [2.75, 3.05) is 0 Å². The highest BCUT2D eigenvalue weighted by Gasteiger charge is 2.13. The van der Waals surface area contributed by atoms with Gasteiger partial charge in [-0.3, -0.25) is 0 Å². The van der Waals surface area contributed by atoms with Gasteiger partial charge in [0.25, 0.3) is 0 Å². The monoisotopic (exact) mass is 422 g/mol. The lowest BCUT2D eigenvalue weighted by Gasteiger charge is -2.11. The van der Waals surface area contributed by atoms with Crippen LogP contribution in [0, 0.1) is 6.92 Å². The number of tetrazole rings is 1. The lowest BCUT2D eigenvalue weighted by molar-refractivity contribution is 0.692. The number of benzene rings is 3. The van der Waals surface area contributed by atoms with Gasteiger partial charge in [-0.15, -0.1) is 11.8 Å². The van der Waals surface area contributed by atoms with Crippen LogP contribution in [-0.4, -0.2) is 19.8 Å². The fourth-order valence-corrected chi connectivity index (χ4v) is 4.31. The summed E-state index contributed by atoms with van der Waals surface area (Å²) in [5, 5.41) is 8.55. The SMILES string of the molecule is Cc1cccc(-n2nnn(C)c2=O)c1CSc1ccc(-c2cccc(Cl)c2)cc1. The molecule has 4 aromatic rings. The van der Waals surface area contributed by atoms with Gasteiger partial charge in [-0.05, 0) is 69.9 Å². The Balaban J connectivity index is 1.57. The molecule has 0 N–H and O–H groups in total. The summed E-state index contributed by atoms with van der Waals surface area (Å²) in [5.74, 6) is 0.724. The molecule has 0 atom stereocenters. The normalized spacial score (nSPS) is 11.0. The molecule has 0 unspecified atom stereocenters. The maximum Gasteiger partial charge on any atom is 0.368 e. The van der Waals surface area contributed by atoms with Crippen molar-refractivity contribution >= 4 is 23.4 Å². The highest BCUT2D eigenvalue weighted by Crippen LogP contribution is 2.30. The van der Waals surface area contributed by atoms with Crippen LogP contribution in [0.3, 0.4) is 0 Å². The van der Waals surface area contributed by atoms with Gasteiger partial charge in [0.15, 0.2) is 0 Å². The third-order valence-electron chi connectivity index (χ3n) is 4.73. The van der Waals surface area contributed by atoms with Crippen LogP contribution in [0.5, 0.6) is 0 Å². The average molecular weight is 423 g/mol. The molecule has 29 heavy (non-hydrogen) atoms. The second-order valence-corrected chi connectivity index (χ2v) is 8.18. The zero-order valence-corrected chi connectivity index (χ0v) is 17.6. The summed E-state index contributed by atoms with van der Waals surface area (Å²) in [4.78, 5) is 13.4. The first kappa shape index (κ1) is 19.5. The topological polar surface area (TPSA) is 52.7 Å². The van der Waals surface area contributed by atoms with E-state index in [4.69, 9.17) is 11.6 Å². The molecule has 7 heteroatoms. The molecule has 0 aliphatic carbocycles. The van der Waals surface area contributed by atoms with E-state index in [2.05, 4.69) is 34.7 Å². The van der Waals surface area contributed by atoms with E-state index >= 15 is 0 Å². The van der Waals surface area contributed by atoms with Gasteiger partial charge in [-0.25, -0.2) is 4.79 Å². The third-order valence-corrected chi connectivity index (χ3v) is 6.00. The summed E-state index contributed by atoms with van der Waals surface area (Å²) in [6, 6.07) is 22.1. The maximum atomic E-state index is 12.3. The van der Waals surface area contributed by atoms with E-state index in [0.29, 0.717) is 0 Å². The summed E-state index contributed by atoms with van der Waals surface area (Å²) >= 11 is 7.82. The number of aromatic nitrogens is 4. The molecule has 0 saturated carbocycles. The number of halogens is 1. The van der Waals surface area contributed by atoms with Crippen LogP contribution in [0.15, 0.2) is 76.4 Å². The van der Waals surface area contributed by atoms with Crippen LogP contribution >= 0.6 is 23.4 Å². The molecule has 3 aromatic carbocycles. The quantitative estimate of drug-likeness (QED) is 0.430. The first-order valence-electron chi connectivity index (χ1n) is 9.09. The largest absolute Gasteiger partial charge is 0.368 e. The Hall–Kier alpha value is -2.83. The lowest BCUT2D eigenvalue weighted by atomic mass is 10.1. The van der Waals surface area contributed by atoms with Crippen LogP contribution in [-0.2, 0) is 12.8 Å². The van der Waals surface area contributed by atoms with Gasteiger partial charge < -0.3 is 0 Å². The Labute approximate surface area is 177 Å². The van der Waals surface area contributed by atoms with Gasteiger partial charge in [0.05, 0.1) is 5.69 Å². The molecule has 146 valence electrons. The molecule has 1 aromatic heterocycles. The van der Waals surface area contributed by atoms with Gasteiger partial charge in [0.2, 0.25) is 0 Å². The number of rotatable bonds is 5. The first-order valence-corrected chi connectivity index (χ1v) is 10.5. The van der Waals surface area contributed by atoms with E-state index in [-0.39, 0.29) is 5.69 Å². The Bertz CT molecular complexity index is 1210. The fourth-order valence-electron chi connectivity index (χ4n) is 3.10. The summed E-state index contributed by atoms with van der Waals surface area (Å²) in [6.07, 6.45) is 0. The van der Waals surface area contributed by atoms with E-state index in [0.717, 1.165) is 43.6 Å². The van der Waals surface area contributed by atoms with E-state index in [1.165, 1.54) is 9.36 Å². The zero-order valence-electron chi connectivity index (χ0n) is 16.0. The molecule has 0 radical (unpaired) electrons. The number of hydrogen-bond donors (Lipinski definition) is 0. The Morgan fingerprint density at radius 1 is 0.966 bits per heavy atom. The predicted molar refractivity (Wildman–Crippen MR) is 118 cm³/mol. The number of aryl methyl sites for hydroxylation is 2. The lowest BCUT2D eigenvalue weighted by Crippen LogP contribution is -2.23. The van der Waals surface area contributed by atoms with Crippen molar-refractivity contribution in [2.24, 2.45) is 7.05 Å². The molecule has 5 nitrogen and oxygen atoms in total. The average Bonchev–Trinajstić information content (AvgIpc) is 3.06. The van der Waals surface area contributed by atoms with Crippen molar-refractivity contribution in [1.82, 2.24) is 19.8 Å². The number of thioether (sulfide) groups is 1. The van der Waals surface area contributed by atoms with Gasteiger partial charge >= 0.3 is 5.69 Å². The summed E-state index contributed by atoms with van der Waals surface area (Å²) in [5.41, 5.74) is 4.91.